The number of Topliss-reactive ketones (excluding diaryl/α,β-unsaturated/α-hetero) is 1. The standard InChI is InChI=1S/C18H20N4O3/c1-11(23)5-4-6-13-7-12(9-15(24-2)16(13)25-3)8-14-10-21-18(20)22-17(14)19/h7,9-10H,5,8H2,1-3H3,(H4,19,20,21,22). The molecule has 0 saturated heterocycles. The maximum absolute atomic E-state index is 11.1. The Morgan fingerprint density at radius 3 is 2.60 bits per heavy atom. The van der Waals surface area contributed by atoms with Crippen LogP contribution in [0, 0.1) is 11.8 Å². The lowest BCUT2D eigenvalue weighted by Gasteiger charge is -2.13. The molecule has 7 heteroatoms. The van der Waals surface area contributed by atoms with Gasteiger partial charge in [0.1, 0.15) is 11.6 Å². The maximum Gasteiger partial charge on any atom is 0.221 e. The van der Waals surface area contributed by atoms with Gasteiger partial charge in [0, 0.05) is 18.2 Å². The number of ketones is 1. The molecular formula is C18H20N4O3. The molecule has 4 N–H and O–H groups in total. The summed E-state index contributed by atoms with van der Waals surface area (Å²) in [6, 6.07) is 3.70. The monoisotopic (exact) mass is 340 g/mol. The molecule has 0 bridgehead atoms. The van der Waals surface area contributed by atoms with Crippen LogP contribution in [-0.2, 0) is 11.2 Å². The van der Waals surface area contributed by atoms with Gasteiger partial charge in [-0.3, -0.25) is 4.79 Å². The highest BCUT2D eigenvalue weighted by molar-refractivity contribution is 5.78. The van der Waals surface area contributed by atoms with E-state index in [0.717, 1.165) is 11.1 Å². The highest BCUT2D eigenvalue weighted by atomic mass is 16.5. The van der Waals surface area contributed by atoms with Gasteiger partial charge in [0.2, 0.25) is 5.95 Å². The summed E-state index contributed by atoms with van der Waals surface area (Å²) in [5, 5.41) is 0. The fourth-order valence-corrected chi connectivity index (χ4v) is 2.27. The third-order valence-corrected chi connectivity index (χ3v) is 3.41. The Kier molecular flexibility index (Phi) is 5.79. The molecule has 0 unspecified atom stereocenters. The molecule has 1 heterocycles. The van der Waals surface area contributed by atoms with E-state index in [2.05, 4.69) is 21.8 Å². The lowest BCUT2D eigenvalue weighted by Crippen LogP contribution is -2.04. The number of rotatable bonds is 5. The van der Waals surface area contributed by atoms with E-state index in [4.69, 9.17) is 20.9 Å². The minimum absolute atomic E-state index is 0.00128. The highest BCUT2D eigenvalue weighted by Crippen LogP contribution is 2.33. The first-order valence-electron chi connectivity index (χ1n) is 7.54. The summed E-state index contributed by atoms with van der Waals surface area (Å²) >= 11 is 0. The molecule has 1 aromatic heterocycles. The Balaban J connectivity index is 2.43. The Labute approximate surface area is 146 Å². The Bertz CT molecular complexity index is 853. The molecule has 0 saturated carbocycles. The number of anilines is 2. The Morgan fingerprint density at radius 1 is 1.24 bits per heavy atom. The van der Waals surface area contributed by atoms with Crippen LogP contribution >= 0.6 is 0 Å². The van der Waals surface area contributed by atoms with Gasteiger partial charge in [-0.25, -0.2) is 4.98 Å². The summed E-state index contributed by atoms with van der Waals surface area (Å²) in [7, 11) is 3.09. The number of carbonyl (C=O) groups excluding carboxylic acids is 1. The molecule has 0 aliphatic carbocycles. The van der Waals surface area contributed by atoms with E-state index in [-0.39, 0.29) is 18.2 Å². The van der Waals surface area contributed by atoms with Crippen molar-refractivity contribution in [3.05, 3.63) is 35.0 Å². The van der Waals surface area contributed by atoms with Gasteiger partial charge in [0.15, 0.2) is 11.5 Å². The van der Waals surface area contributed by atoms with Crippen molar-refractivity contribution in [3.63, 3.8) is 0 Å². The van der Waals surface area contributed by atoms with Crippen LogP contribution in [0.15, 0.2) is 18.3 Å². The van der Waals surface area contributed by atoms with Gasteiger partial charge in [-0.05, 0) is 24.6 Å². The second kappa shape index (κ2) is 8.02. The quantitative estimate of drug-likeness (QED) is 0.794. The summed E-state index contributed by atoms with van der Waals surface area (Å²) in [5.41, 5.74) is 13.7. The average molecular weight is 340 g/mol. The first-order chi connectivity index (χ1) is 11.9. The Hall–Kier alpha value is -3.27. The first kappa shape index (κ1) is 18.1. The number of benzene rings is 1. The number of hydrogen-bond donors (Lipinski definition) is 2. The van der Waals surface area contributed by atoms with Crippen molar-refractivity contribution in [1.82, 2.24) is 9.97 Å². The van der Waals surface area contributed by atoms with Crippen molar-refractivity contribution < 1.29 is 14.3 Å². The van der Waals surface area contributed by atoms with Crippen LogP contribution in [0.3, 0.4) is 0 Å². The summed E-state index contributed by atoms with van der Waals surface area (Å²) < 4.78 is 10.8. The zero-order chi connectivity index (χ0) is 18.4. The predicted molar refractivity (Wildman–Crippen MR) is 95.4 cm³/mol. The van der Waals surface area contributed by atoms with Crippen molar-refractivity contribution in [2.24, 2.45) is 0 Å². The van der Waals surface area contributed by atoms with Gasteiger partial charge < -0.3 is 20.9 Å². The summed E-state index contributed by atoms with van der Waals surface area (Å²) in [4.78, 5) is 19.0. The van der Waals surface area contributed by atoms with Crippen molar-refractivity contribution in [1.29, 1.82) is 0 Å². The molecule has 0 fully saturated rings. The van der Waals surface area contributed by atoms with Crippen LogP contribution in [-0.4, -0.2) is 30.0 Å². The van der Waals surface area contributed by atoms with E-state index >= 15 is 0 Å². The van der Waals surface area contributed by atoms with Crippen LogP contribution in [0.2, 0.25) is 0 Å². The van der Waals surface area contributed by atoms with Crippen LogP contribution in [0.4, 0.5) is 11.8 Å². The Morgan fingerprint density at radius 2 is 2.00 bits per heavy atom. The smallest absolute Gasteiger partial charge is 0.221 e. The topological polar surface area (TPSA) is 113 Å². The molecule has 0 amide bonds. The van der Waals surface area contributed by atoms with Crippen LogP contribution < -0.4 is 20.9 Å². The molecule has 0 atom stereocenters. The van der Waals surface area contributed by atoms with E-state index in [1.54, 1.807) is 20.4 Å². The molecule has 0 radical (unpaired) electrons. The number of carbonyl (C=O) groups is 1. The first-order valence-corrected chi connectivity index (χ1v) is 7.54. The number of aromatic nitrogens is 2. The molecule has 0 aliphatic rings. The number of nitrogen functional groups attached to an aromatic ring is 2. The molecule has 0 spiro atoms. The van der Waals surface area contributed by atoms with Crippen molar-refractivity contribution in [2.45, 2.75) is 19.8 Å². The summed E-state index contributed by atoms with van der Waals surface area (Å²) in [6.07, 6.45) is 2.25. The van der Waals surface area contributed by atoms with Crippen LogP contribution in [0.5, 0.6) is 11.5 Å². The fourth-order valence-electron chi connectivity index (χ4n) is 2.27. The number of nitrogens with zero attached hydrogens (tertiary/aromatic N) is 2. The van der Waals surface area contributed by atoms with E-state index in [1.807, 2.05) is 12.1 Å². The van der Waals surface area contributed by atoms with Crippen molar-refractivity contribution in [3.8, 4) is 23.3 Å². The maximum atomic E-state index is 11.1. The fraction of sp³-hybridized carbons (Fsp3) is 0.278. The molecule has 1 aromatic carbocycles. The number of methoxy groups -OCH3 is 2. The second-order valence-corrected chi connectivity index (χ2v) is 5.37. The zero-order valence-electron chi connectivity index (χ0n) is 14.4. The molecule has 25 heavy (non-hydrogen) atoms. The largest absolute Gasteiger partial charge is 0.493 e. The van der Waals surface area contributed by atoms with Gasteiger partial charge in [-0.2, -0.15) is 4.98 Å². The van der Waals surface area contributed by atoms with Crippen molar-refractivity contribution in [2.75, 3.05) is 25.7 Å². The number of hydrogen-bond acceptors (Lipinski definition) is 7. The van der Waals surface area contributed by atoms with Crippen LogP contribution in [0.1, 0.15) is 30.0 Å². The third-order valence-electron chi connectivity index (χ3n) is 3.41. The van der Waals surface area contributed by atoms with E-state index in [0.29, 0.717) is 29.3 Å². The van der Waals surface area contributed by atoms with Gasteiger partial charge in [-0.15, -0.1) is 0 Å². The molecule has 2 aromatic rings. The minimum atomic E-state index is 0.00128. The molecule has 0 aliphatic heterocycles. The lowest BCUT2D eigenvalue weighted by atomic mass is 10.0. The highest BCUT2D eigenvalue weighted by Gasteiger charge is 2.13. The number of ether oxygens (including phenoxy) is 2. The van der Waals surface area contributed by atoms with E-state index in [1.165, 1.54) is 6.92 Å². The molecule has 7 nitrogen and oxygen atoms in total. The average Bonchev–Trinajstić information content (AvgIpc) is 2.56. The summed E-state index contributed by atoms with van der Waals surface area (Å²) in [6.45, 7) is 1.49. The van der Waals surface area contributed by atoms with Gasteiger partial charge >= 0.3 is 0 Å². The number of nitrogens with two attached hydrogens (primary N) is 2. The molecule has 2 rings (SSSR count). The lowest BCUT2D eigenvalue weighted by molar-refractivity contribution is -0.116. The normalized spacial score (nSPS) is 9.88. The summed E-state index contributed by atoms with van der Waals surface area (Å²) in [5.74, 6) is 7.31. The van der Waals surface area contributed by atoms with Crippen LogP contribution in [0.25, 0.3) is 0 Å². The molecule has 130 valence electrons. The van der Waals surface area contributed by atoms with E-state index in [9.17, 15) is 4.79 Å². The predicted octanol–water partition coefficient (Wildman–Crippen LogP) is 1.58. The SMILES string of the molecule is COc1cc(Cc2cnc(N)nc2N)cc(C#CCC(C)=O)c1OC. The minimum Gasteiger partial charge on any atom is -0.493 e. The third kappa shape index (κ3) is 4.61. The van der Waals surface area contributed by atoms with Gasteiger partial charge in [0.05, 0.1) is 26.2 Å². The molecular weight excluding hydrogens is 320 g/mol. The van der Waals surface area contributed by atoms with Gasteiger partial charge in [0.25, 0.3) is 0 Å². The van der Waals surface area contributed by atoms with Gasteiger partial charge in [-0.1, -0.05) is 11.8 Å². The van der Waals surface area contributed by atoms with Crippen molar-refractivity contribution >= 4 is 17.5 Å². The zero-order valence-corrected chi connectivity index (χ0v) is 14.4. The second-order valence-electron chi connectivity index (χ2n) is 5.37. The van der Waals surface area contributed by atoms with E-state index < -0.39 is 0 Å².